The number of hydrazine groups is 1. The first-order valence-electron chi connectivity index (χ1n) is 2.63. The number of aliphatic hydroxyl groups excluding tert-OH is 1. The van der Waals surface area contributed by atoms with Crippen LogP contribution in [0.25, 0.3) is 0 Å². The average molecular weight is 133 g/mol. The summed E-state index contributed by atoms with van der Waals surface area (Å²) in [5.41, 5.74) is 0. The summed E-state index contributed by atoms with van der Waals surface area (Å²) in [6.45, 7) is 1.77. The zero-order chi connectivity index (χ0) is 7.28. The Bertz CT molecular complexity index is 95.8. The molecule has 0 aromatic heterocycles. The Balaban J connectivity index is 3.46. The van der Waals surface area contributed by atoms with E-state index in [0.717, 1.165) is 5.01 Å². The highest BCUT2D eigenvalue weighted by Crippen LogP contribution is 1.75. The summed E-state index contributed by atoms with van der Waals surface area (Å²) in [6.07, 6.45) is 0. The molecule has 4 N–H and O–H groups in total. The van der Waals surface area contributed by atoms with Crippen molar-refractivity contribution in [1.29, 1.82) is 0 Å². The molecule has 0 aliphatic heterocycles. The first-order valence-corrected chi connectivity index (χ1v) is 2.63. The fraction of sp³-hybridized carbons (Fsp3) is 0.750. The summed E-state index contributed by atoms with van der Waals surface area (Å²) in [5.74, 6) is 5.11. The van der Waals surface area contributed by atoms with Gasteiger partial charge in [-0.25, -0.2) is 10.6 Å². The molecule has 5 nitrogen and oxygen atoms in total. The van der Waals surface area contributed by atoms with Crippen LogP contribution in [-0.4, -0.2) is 29.4 Å². The van der Waals surface area contributed by atoms with Gasteiger partial charge < -0.3 is 10.4 Å². The van der Waals surface area contributed by atoms with E-state index in [1.165, 1.54) is 0 Å². The monoisotopic (exact) mass is 133 g/mol. The van der Waals surface area contributed by atoms with Gasteiger partial charge in [0, 0.05) is 6.54 Å². The van der Waals surface area contributed by atoms with Crippen molar-refractivity contribution in [2.24, 2.45) is 5.84 Å². The topological polar surface area (TPSA) is 78.6 Å². The van der Waals surface area contributed by atoms with E-state index < -0.39 is 6.03 Å². The number of nitrogens with two attached hydrogens (primary N) is 1. The zero-order valence-electron chi connectivity index (χ0n) is 5.29. The van der Waals surface area contributed by atoms with Gasteiger partial charge in [0.1, 0.15) is 6.73 Å². The molecular formula is C4H11N3O2. The summed E-state index contributed by atoms with van der Waals surface area (Å²) >= 11 is 0. The van der Waals surface area contributed by atoms with Crippen molar-refractivity contribution in [3.05, 3.63) is 0 Å². The predicted octanol–water partition coefficient (Wildman–Crippen LogP) is -1.16. The lowest BCUT2D eigenvalue weighted by atomic mass is 10.7. The van der Waals surface area contributed by atoms with E-state index in [2.05, 4.69) is 5.32 Å². The second kappa shape index (κ2) is 4.11. The van der Waals surface area contributed by atoms with Crippen molar-refractivity contribution in [3.8, 4) is 0 Å². The van der Waals surface area contributed by atoms with Gasteiger partial charge in [-0.2, -0.15) is 0 Å². The van der Waals surface area contributed by atoms with E-state index in [1.54, 1.807) is 6.92 Å². The highest BCUT2D eigenvalue weighted by molar-refractivity contribution is 5.73. The highest BCUT2D eigenvalue weighted by atomic mass is 16.3. The third kappa shape index (κ3) is 2.89. The van der Waals surface area contributed by atoms with Crippen molar-refractivity contribution in [2.45, 2.75) is 6.92 Å². The van der Waals surface area contributed by atoms with Crippen LogP contribution in [0.3, 0.4) is 0 Å². The Kier molecular flexibility index (Phi) is 3.74. The highest BCUT2D eigenvalue weighted by Gasteiger charge is 2.02. The van der Waals surface area contributed by atoms with E-state index >= 15 is 0 Å². The molecule has 2 amide bonds. The van der Waals surface area contributed by atoms with Gasteiger partial charge in [0.25, 0.3) is 0 Å². The van der Waals surface area contributed by atoms with Crippen LogP contribution < -0.4 is 11.2 Å². The zero-order valence-corrected chi connectivity index (χ0v) is 5.29. The van der Waals surface area contributed by atoms with Crippen molar-refractivity contribution in [2.75, 3.05) is 13.3 Å². The summed E-state index contributed by atoms with van der Waals surface area (Å²) in [7, 11) is 0. The molecule has 0 heterocycles. The molecule has 0 saturated carbocycles. The Morgan fingerprint density at radius 1 is 1.89 bits per heavy atom. The van der Waals surface area contributed by atoms with Gasteiger partial charge in [-0.1, -0.05) is 0 Å². The summed E-state index contributed by atoms with van der Waals surface area (Å²) in [4.78, 5) is 10.5. The number of carbonyl (C=O) groups is 1. The van der Waals surface area contributed by atoms with Gasteiger partial charge in [0.15, 0.2) is 0 Å². The molecule has 0 aliphatic carbocycles. The van der Waals surface area contributed by atoms with Crippen LogP contribution in [0.1, 0.15) is 6.92 Å². The maximum atomic E-state index is 10.5. The van der Waals surface area contributed by atoms with E-state index in [-0.39, 0.29) is 6.73 Å². The van der Waals surface area contributed by atoms with Gasteiger partial charge >= 0.3 is 6.03 Å². The standard InChI is InChI=1S/C4H11N3O2/c1-2-7(5)4(9)6-3-8/h8H,2-3,5H2,1H3,(H,6,9). The van der Waals surface area contributed by atoms with Gasteiger partial charge in [-0.05, 0) is 6.92 Å². The number of hydrogen-bond acceptors (Lipinski definition) is 3. The summed E-state index contributed by atoms with van der Waals surface area (Å²) in [6, 6.07) is -0.472. The maximum Gasteiger partial charge on any atom is 0.333 e. The number of nitrogens with zero attached hydrogens (tertiary/aromatic N) is 1. The number of rotatable bonds is 2. The second-order valence-corrected chi connectivity index (χ2v) is 1.43. The SMILES string of the molecule is CCN(N)C(=O)NCO. The molecule has 0 aromatic carbocycles. The molecule has 5 heteroatoms. The number of hydrogen-bond donors (Lipinski definition) is 3. The van der Waals surface area contributed by atoms with E-state index in [1.807, 2.05) is 0 Å². The minimum Gasteiger partial charge on any atom is -0.376 e. The molecule has 0 aromatic rings. The van der Waals surface area contributed by atoms with Crippen LogP contribution in [0.5, 0.6) is 0 Å². The van der Waals surface area contributed by atoms with E-state index in [4.69, 9.17) is 10.9 Å². The fourth-order valence-corrected chi connectivity index (χ4v) is 0.313. The van der Waals surface area contributed by atoms with Crippen LogP contribution in [0.15, 0.2) is 0 Å². The number of aliphatic hydroxyl groups is 1. The van der Waals surface area contributed by atoms with Gasteiger partial charge in [-0.3, -0.25) is 5.01 Å². The van der Waals surface area contributed by atoms with Crippen LogP contribution in [0, 0.1) is 0 Å². The minimum atomic E-state index is -0.472. The minimum absolute atomic E-state index is 0.382. The Morgan fingerprint density at radius 3 is 2.78 bits per heavy atom. The van der Waals surface area contributed by atoms with Gasteiger partial charge in [-0.15, -0.1) is 0 Å². The Labute approximate surface area is 53.4 Å². The first-order chi connectivity index (χ1) is 4.22. The van der Waals surface area contributed by atoms with Crippen molar-refractivity contribution in [1.82, 2.24) is 10.3 Å². The quantitative estimate of drug-likeness (QED) is 0.192. The third-order valence-corrected chi connectivity index (χ3v) is 0.832. The molecular weight excluding hydrogens is 122 g/mol. The van der Waals surface area contributed by atoms with Crippen LogP contribution >= 0.6 is 0 Å². The molecule has 0 bridgehead atoms. The van der Waals surface area contributed by atoms with Crippen molar-refractivity contribution in [3.63, 3.8) is 0 Å². The number of nitrogens with one attached hydrogen (secondary N) is 1. The Hall–Kier alpha value is -0.810. The van der Waals surface area contributed by atoms with Gasteiger partial charge in [0.2, 0.25) is 0 Å². The fourth-order valence-electron chi connectivity index (χ4n) is 0.313. The van der Waals surface area contributed by atoms with Crippen molar-refractivity contribution < 1.29 is 9.90 Å². The lowest BCUT2D eigenvalue weighted by Crippen LogP contribution is -2.44. The predicted molar refractivity (Wildman–Crippen MR) is 32.2 cm³/mol. The number of amides is 2. The lowest BCUT2D eigenvalue weighted by Gasteiger charge is -2.12. The Morgan fingerprint density at radius 2 is 2.44 bits per heavy atom. The molecule has 0 unspecified atom stereocenters. The largest absolute Gasteiger partial charge is 0.376 e. The van der Waals surface area contributed by atoms with Crippen molar-refractivity contribution >= 4 is 6.03 Å². The maximum absolute atomic E-state index is 10.5. The molecule has 54 valence electrons. The molecule has 0 rings (SSSR count). The van der Waals surface area contributed by atoms with Gasteiger partial charge in [0.05, 0.1) is 0 Å². The second-order valence-electron chi connectivity index (χ2n) is 1.43. The van der Waals surface area contributed by atoms with Crippen LogP contribution in [0.2, 0.25) is 0 Å². The molecule has 9 heavy (non-hydrogen) atoms. The average Bonchev–Trinajstić information content (AvgIpc) is 1.87. The summed E-state index contributed by atoms with van der Waals surface area (Å²) in [5, 5.41) is 11.2. The third-order valence-electron chi connectivity index (χ3n) is 0.832. The molecule has 0 saturated heterocycles. The number of urea groups is 1. The smallest absolute Gasteiger partial charge is 0.333 e. The molecule has 0 atom stereocenters. The normalized spacial score (nSPS) is 8.78. The first kappa shape index (κ1) is 8.19. The molecule has 0 fully saturated rings. The molecule has 0 spiro atoms. The van der Waals surface area contributed by atoms with E-state index in [0.29, 0.717) is 6.54 Å². The number of carbonyl (C=O) groups excluding carboxylic acids is 1. The van der Waals surface area contributed by atoms with Crippen LogP contribution in [-0.2, 0) is 0 Å². The summed E-state index contributed by atoms with van der Waals surface area (Å²) < 4.78 is 0. The van der Waals surface area contributed by atoms with E-state index in [9.17, 15) is 4.79 Å². The lowest BCUT2D eigenvalue weighted by molar-refractivity contribution is 0.183. The molecule has 0 aliphatic rings. The van der Waals surface area contributed by atoms with Crippen LogP contribution in [0.4, 0.5) is 4.79 Å². The molecule has 0 radical (unpaired) electrons.